The average Bonchev–Trinajstić information content (AvgIpc) is 2.93. The molecule has 0 aliphatic heterocycles. The Hall–Kier alpha value is -4.28. The van der Waals surface area contributed by atoms with Crippen molar-refractivity contribution in [2.45, 2.75) is 24.4 Å². The highest BCUT2D eigenvalue weighted by molar-refractivity contribution is 7.89. The monoisotopic (exact) mass is 532 g/mol. The van der Waals surface area contributed by atoms with Crippen molar-refractivity contribution < 1.29 is 23.1 Å². The molecular formula is C28H28N4O5S. The molecule has 196 valence electrons. The summed E-state index contributed by atoms with van der Waals surface area (Å²) >= 11 is 0. The van der Waals surface area contributed by atoms with E-state index in [2.05, 4.69) is 20.0 Å². The fraction of sp³-hybridized carbons (Fsp3) is 0.179. The van der Waals surface area contributed by atoms with E-state index in [0.29, 0.717) is 24.5 Å². The summed E-state index contributed by atoms with van der Waals surface area (Å²) in [6.45, 7) is 2.18. The molecule has 0 amide bonds. The van der Waals surface area contributed by atoms with Gasteiger partial charge in [0.15, 0.2) is 5.03 Å². The second-order valence-electron chi connectivity index (χ2n) is 8.37. The second-order valence-corrected chi connectivity index (χ2v) is 10.0. The number of hydrogen-bond donors (Lipinski definition) is 3. The highest BCUT2D eigenvalue weighted by atomic mass is 32.2. The first-order valence-electron chi connectivity index (χ1n) is 12.0. The molecule has 9 nitrogen and oxygen atoms in total. The van der Waals surface area contributed by atoms with Crippen LogP contribution in [0.2, 0.25) is 0 Å². The quantitative estimate of drug-likeness (QED) is 0.246. The minimum atomic E-state index is -3.96. The van der Waals surface area contributed by atoms with Crippen LogP contribution in [-0.2, 0) is 21.2 Å². The Bertz CT molecular complexity index is 1480. The summed E-state index contributed by atoms with van der Waals surface area (Å²) in [6.07, 6.45) is 1.71. The van der Waals surface area contributed by atoms with Crippen LogP contribution in [0.5, 0.6) is 5.75 Å². The molecule has 0 spiro atoms. The SMILES string of the molecule is CCOc1ccccc1-c1ccc(CC(NS(=O)(=O)c2ccccn2)c2cccc(NCC(=O)O)n2)cc1. The molecule has 0 saturated heterocycles. The van der Waals surface area contributed by atoms with Gasteiger partial charge in [0.1, 0.15) is 18.1 Å². The molecule has 0 aliphatic rings. The Morgan fingerprint density at radius 2 is 1.74 bits per heavy atom. The molecule has 0 saturated carbocycles. The molecule has 4 rings (SSSR count). The number of aliphatic carboxylic acids is 1. The number of benzene rings is 2. The van der Waals surface area contributed by atoms with Crippen molar-refractivity contribution in [1.82, 2.24) is 14.7 Å². The standard InChI is InChI=1S/C28H28N4O5S/c1-2-37-25-10-4-3-8-22(25)21-15-13-20(14-16-21)18-24(32-38(35,36)27-12-5-6-17-29-27)23-9-7-11-26(31-23)30-19-28(33)34/h3-17,24,32H,2,18-19H2,1H3,(H,30,31)(H,33,34). The van der Waals surface area contributed by atoms with Crippen LogP contribution in [0.3, 0.4) is 0 Å². The number of carboxylic acids is 1. The van der Waals surface area contributed by atoms with Crippen molar-refractivity contribution in [2.75, 3.05) is 18.5 Å². The van der Waals surface area contributed by atoms with Gasteiger partial charge >= 0.3 is 5.97 Å². The Labute approximate surface area is 221 Å². The lowest BCUT2D eigenvalue weighted by Crippen LogP contribution is -2.31. The second kappa shape index (κ2) is 12.3. The molecule has 3 N–H and O–H groups in total. The molecule has 38 heavy (non-hydrogen) atoms. The van der Waals surface area contributed by atoms with Crippen molar-refractivity contribution in [1.29, 1.82) is 0 Å². The minimum absolute atomic E-state index is 0.104. The molecule has 1 atom stereocenters. The molecule has 0 bridgehead atoms. The van der Waals surface area contributed by atoms with Crippen molar-refractivity contribution in [3.8, 4) is 16.9 Å². The number of sulfonamides is 1. The number of carboxylic acid groups (broad SMARTS) is 1. The lowest BCUT2D eigenvalue weighted by Gasteiger charge is -2.19. The van der Waals surface area contributed by atoms with Crippen LogP contribution in [0.15, 0.2) is 96.2 Å². The fourth-order valence-corrected chi connectivity index (χ4v) is 5.07. The molecule has 2 aromatic heterocycles. The van der Waals surface area contributed by atoms with Gasteiger partial charge in [-0.15, -0.1) is 0 Å². The third-order valence-electron chi connectivity index (χ3n) is 5.65. The molecule has 10 heteroatoms. The van der Waals surface area contributed by atoms with E-state index < -0.39 is 22.0 Å². The highest BCUT2D eigenvalue weighted by Gasteiger charge is 2.24. The predicted molar refractivity (Wildman–Crippen MR) is 144 cm³/mol. The van der Waals surface area contributed by atoms with Crippen LogP contribution in [0.25, 0.3) is 11.1 Å². The maximum atomic E-state index is 13.1. The Morgan fingerprint density at radius 3 is 2.45 bits per heavy atom. The Balaban J connectivity index is 1.63. The number of carbonyl (C=O) groups is 1. The maximum Gasteiger partial charge on any atom is 0.322 e. The van der Waals surface area contributed by atoms with Gasteiger partial charge in [0, 0.05) is 11.8 Å². The van der Waals surface area contributed by atoms with Gasteiger partial charge in [-0.25, -0.2) is 23.1 Å². The highest BCUT2D eigenvalue weighted by Crippen LogP contribution is 2.31. The first-order valence-corrected chi connectivity index (χ1v) is 13.5. The number of para-hydroxylation sites is 1. The van der Waals surface area contributed by atoms with Crippen molar-refractivity contribution in [3.05, 3.63) is 102 Å². The third kappa shape index (κ3) is 6.93. The number of ether oxygens (including phenoxy) is 1. The molecule has 0 radical (unpaired) electrons. The molecule has 0 aliphatic carbocycles. The molecule has 4 aromatic rings. The largest absolute Gasteiger partial charge is 0.493 e. The minimum Gasteiger partial charge on any atom is -0.493 e. The first-order chi connectivity index (χ1) is 18.4. The predicted octanol–water partition coefficient (Wildman–Crippen LogP) is 4.30. The summed E-state index contributed by atoms with van der Waals surface area (Å²) in [5, 5.41) is 11.6. The first kappa shape index (κ1) is 26.8. The number of hydrogen-bond acceptors (Lipinski definition) is 7. The number of pyridine rings is 2. The van der Waals surface area contributed by atoms with Crippen LogP contribution in [-0.4, -0.2) is 42.6 Å². The summed E-state index contributed by atoms with van der Waals surface area (Å²) in [5.74, 6) is 0.0871. The third-order valence-corrected chi connectivity index (χ3v) is 7.04. The Morgan fingerprint density at radius 1 is 0.974 bits per heavy atom. The van der Waals surface area contributed by atoms with Gasteiger partial charge in [-0.05, 0) is 54.8 Å². The smallest absolute Gasteiger partial charge is 0.322 e. The zero-order chi connectivity index (χ0) is 27.0. The van der Waals surface area contributed by atoms with E-state index in [-0.39, 0.29) is 11.6 Å². The van der Waals surface area contributed by atoms with Crippen LogP contribution in [0, 0.1) is 0 Å². The molecular weight excluding hydrogens is 504 g/mol. The van der Waals surface area contributed by atoms with Crippen LogP contribution < -0.4 is 14.8 Å². The van der Waals surface area contributed by atoms with Crippen LogP contribution in [0.1, 0.15) is 24.2 Å². The lowest BCUT2D eigenvalue weighted by atomic mass is 9.99. The van der Waals surface area contributed by atoms with E-state index in [1.807, 2.05) is 55.5 Å². The number of rotatable bonds is 12. The summed E-state index contributed by atoms with van der Waals surface area (Å²) < 4.78 is 34.7. The zero-order valence-electron chi connectivity index (χ0n) is 20.7. The summed E-state index contributed by atoms with van der Waals surface area (Å²) in [4.78, 5) is 19.4. The van der Waals surface area contributed by atoms with Gasteiger partial charge in [-0.1, -0.05) is 54.6 Å². The van der Waals surface area contributed by atoms with Gasteiger partial charge in [-0.2, -0.15) is 0 Å². The lowest BCUT2D eigenvalue weighted by molar-refractivity contribution is -0.134. The van der Waals surface area contributed by atoms with E-state index in [4.69, 9.17) is 9.84 Å². The fourth-order valence-electron chi connectivity index (χ4n) is 3.91. The molecule has 2 aromatic carbocycles. The number of nitrogens with one attached hydrogen (secondary N) is 2. The zero-order valence-corrected chi connectivity index (χ0v) is 21.6. The summed E-state index contributed by atoms with van der Waals surface area (Å²) in [7, 11) is -3.96. The van der Waals surface area contributed by atoms with E-state index in [1.165, 1.54) is 12.3 Å². The van der Waals surface area contributed by atoms with Crippen molar-refractivity contribution in [2.24, 2.45) is 0 Å². The van der Waals surface area contributed by atoms with Crippen molar-refractivity contribution >= 4 is 21.8 Å². The van der Waals surface area contributed by atoms with Gasteiger partial charge in [0.2, 0.25) is 0 Å². The van der Waals surface area contributed by atoms with Gasteiger partial charge in [0.25, 0.3) is 10.0 Å². The van der Waals surface area contributed by atoms with Crippen LogP contribution in [0.4, 0.5) is 5.82 Å². The number of anilines is 1. The number of nitrogens with zero attached hydrogens (tertiary/aromatic N) is 2. The maximum absolute atomic E-state index is 13.1. The van der Waals surface area contributed by atoms with E-state index in [0.717, 1.165) is 22.4 Å². The molecule has 1 unspecified atom stereocenters. The topological polar surface area (TPSA) is 131 Å². The average molecular weight is 533 g/mol. The number of aromatic nitrogens is 2. The molecule has 0 fully saturated rings. The summed E-state index contributed by atoms with van der Waals surface area (Å²) in [5.41, 5.74) is 3.25. The summed E-state index contributed by atoms with van der Waals surface area (Å²) in [6, 6.07) is 24.5. The molecule has 2 heterocycles. The van der Waals surface area contributed by atoms with Crippen molar-refractivity contribution in [3.63, 3.8) is 0 Å². The van der Waals surface area contributed by atoms with E-state index >= 15 is 0 Å². The van der Waals surface area contributed by atoms with E-state index in [1.54, 1.807) is 30.3 Å². The van der Waals surface area contributed by atoms with Gasteiger partial charge in [-0.3, -0.25) is 4.79 Å². The normalized spacial score (nSPS) is 12.0. The van der Waals surface area contributed by atoms with Crippen LogP contribution >= 0.6 is 0 Å². The Kier molecular flexibility index (Phi) is 8.67. The van der Waals surface area contributed by atoms with Gasteiger partial charge in [0.05, 0.1) is 18.3 Å². The van der Waals surface area contributed by atoms with E-state index in [9.17, 15) is 13.2 Å². The van der Waals surface area contributed by atoms with Gasteiger partial charge < -0.3 is 15.2 Å².